The predicted octanol–water partition coefficient (Wildman–Crippen LogP) is 5.63. The van der Waals surface area contributed by atoms with Crippen LogP contribution >= 0.6 is 15.9 Å². The number of fused-ring (bicyclic) bond motifs is 3. The predicted molar refractivity (Wildman–Crippen MR) is 117 cm³/mol. The van der Waals surface area contributed by atoms with Gasteiger partial charge in [-0.15, -0.1) is 0 Å². The van der Waals surface area contributed by atoms with Gasteiger partial charge in [0.1, 0.15) is 22.7 Å². The average molecular weight is 456 g/mol. The monoisotopic (exact) mass is 455 g/mol. The summed E-state index contributed by atoms with van der Waals surface area (Å²) in [5.41, 5.74) is 2.92. The molecule has 0 fully saturated rings. The molecule has 1 aliphatic heterocycles. The van der Waals surface area contributed by atoms with Crippen LogP contribution < -0.4 is 14.8 Å². The number of carbonyl (C=O) groups is 1. The number of rotatable bonds is 4. The Hall–Kier alpha value is -2.73. The lowest BCUT2D eigenvalue weighted by Gasteiger charge is -2.28. The molecule has 0 saturated carbocycles. The first kappa shape index (κ1) is 19.6. The SMILES string of the molecule is COc1ccc(Br)cc1CNC(=O)c1oc2ccc3c(c2c1C)C=CC(C)(C)O3. The lowest BCUT2D eigenvalue weighted by atomic mass is 9.98. The third-order valence-electron chi connectivity index (χ3n) is 5.01. The van der Waals surface area contributed by atoms with Gasteiger partial charge in [0, 0.05) is 33.1 Å². The van der Waals surface area contributed by atoms with E-state index >= 15 is 0 Å². The van der Waals surface area contributed by atoms with E-state index in [0.29, 0.717) is 23.6 Å². The Balaban J connectivity index is 1.64. The van der Waals surface area contributed by atoms with E-state index < -0.39 is 0 Å². The molecule has 29 heavy (non-hydrogen) atoms. The van der Waals surface area contributed by atoms with Gasteiger partial charge in [-0.25, -0.2) is 0 Å². The highest BCUT2D eigenvalue weighted by molar-refractivity contribution is 9.10. The fourth-order valence-corrected chi connectivity index (χ4v) is 3.97. The molecule has 2 aromatic carbocycles. The molecule has 3 aromatic rings. The normalized spacial score (nSPS) is 14.4. The molecule has 150 valence electrons. The van der Waals surface area contributed by atoms with Crippen molar-refractivity contribution in [3.63, 3.8) is 0 Å². The summed E-state index contributed by atoms with van der Waals surface area (Å²) < 4.78 is 18.2. The van der Waals surface area contributed by atoms with Gasteiger partial charge >= 0.3 is 0 Å². The molecule has 0 atom stereocenters. The number of aryl methyl sites for hydroxylation is 1. The molecule has 0 unspecified atom stereocenters. The largest absolute Gasteiger partial charge is 0.496 e. The second-order valence-electron chi connectivity index (χ2n) is 7.58. The van der Waals surface area contributed by atoms with Gasteiger partial charge in [0.2, 0.25) is 0 Å². The first-order valence-electron chi connectivity index (χ1n) is 9.34. The molecule has 6 heteroatoms. The first-order chi connectivity index (χ1) is 13.8. The fraction of sp³-hybridized carbons (Fsp3) is 0.261. The van der Waals surface area contributed by atoms with Gasteiger partial charge < -0.3 is 19.2 Å². The van der Waals surface area contributed by atoms with Crippen molar-refractivity contribution in [1.82, 2.24) is 5.32 Å². The quantitative estimate of drug-likeness (QED) is 0.553. The molecule has 0 bridgehead atoms. The summed E-state index contributed by atoms with van der Waals surface area (Å²) in [4.78, 5) is 12.9. The average Bonchev–Trinajstić information content (AvgIpc) is 3.02. The molecule has 0 aliphatic carbocycles. The van der Waals surface area contributed by atoms with E-state index in [0.717, 1.165) is 32.3 Å². The van der Waals surface area contributed by atoms with E-state index in [4.69, 9.17) is 13.9 Å². The minimum absolute atomic E-state index is 0.268. The van der Waals surface area contributed by atoms with Crippen molar-refractivity contribution in [3.8, 4) is 11.5 Å². The van der Waals surface area contributed by atoms with Crippen molar-refractivity contribution in [2.24, 2.45) is 0 Å². The van der Waals surface area contributed by atoms with Gasteiger partial charge in [0.15, 0.2) is 5.76 Å². The highest BCUT2D eigenvalue weighted by atomic mass is 79.9. The maximum absolute atomic E-state index is 12.9. The summed E-state index contributed by atoms with van der Waals surface area (Å²) in [6.07, 6.45) is 4.05. The zero-order valence-corrected chi connectivity index (χ0v) is 18.3. The summed E-state index contributed by atoms with van der Waals surface area (Å²) in [5, 5.41) is 3.83. The molecule has 2 heterocycles. The van der Waals surface area contributed by atoms with Crippen LogP contribution in [0.2, 0.25) is 0 Å². The van der Waals surface area contributed by atoms with Crippen LogP contribution in [0, 0.1) is 6.92 Å². The van der Waals surface area contributed by atoms with Crippen LogP contribution in [0.3, 0.4) is 0 Å². The highest BCUT2D eigenvalue weighted by Gasteiger charge is 2.26. The van der Waals surface area contributed by atoms with E-state index in [1.54, 1.807) is 7.11 Å². The summed E-state index contributed by atoms with van der Waals surface area (Å²) in [5.74, 6) is 1.55. The maximum Gasteiger partial charge on any atom is 0.287 e. The van der Waals surface area contributed by atoms with Crippen LogP contribution in [0.1, 0.15) is 41.1 Å². The smallest absolute Gasteiger partial charge is 0.287 e. The van der Waals surface area contributed by atoms with Gasteiger partial charge in [-0.3, -0.25) is 4.79 Å². The molecule has 1 N–H and O–H groups in total. The van der Waals surface area contributed by atoms with E-state index in [1.165, 1.54) is 0 Å². The first-order valence-corrected chi connectivity index (χ1v) is 10.1. The Labute approximate surface area is 177 Å². The second kappa shape index (κ2) is 7.26. The van der Waals surface area contributed by atoms with E-state index in [2.05, 4.69) is 21.2 Å². The second-order valence-corrected chi connectivity index (χ2v) is 8.50. The third kappa shape index (κ3) is 3.65. The summed E-state index contributed by atoms with van der Waals surface area (Å²) in [6.45, 7) is 6.24. The topological polar surface area (TPSA) is 60.7 Å². The van der Waals surface area contributed by atoms with E-state index in [9.17, 15) is 4.79 Å². The van der Waals surface area contributed by atoms with Crippen LogP contribution in [0.15, 0.2) is 45.3 Å². The Morgan fingerprint density at radius 3 is 2.79 bits per heavy atom. The minimum Gasteiger partial charge on any atom is -0.496 e. The van der Waals surface area contributed by atoms with Gasteiger partial charge in [-0.1, -0.05) is 22.0 Å². The number of halogens is 1. The number of hydrogen-bond donors (Lipinski definition) is 1. The lowest BCUT2D eigenvalue weighted by Crippen LogP contribution is -2.27. The Morgan fingerprint density at radius 2 is 2.03 bits per heavy atom. The van der Waals surface area contributed by atoms with Crippen molar-refractivity contribution < 1.29 is 18.7 Å². The maximum atomic E-state index is 12.9. The Bertz CT molecular complexity index is 1140. The van der Waals surface area contributed by atoms with Crippen LogP contribution in [0.4, 0.5) is 0 Å². The van der Waals surface area contributed by atoms with Gasteiger partial charge in [-0.2, -0.15) is 0 Å². The molecular formula is C23H22BrNO4. The molecular weight excluding hydrogens is 434 g/mol. The van der Waals surface area contributed by atoms with Crippen molar-refractivity contribution in [3.05, 3.63) is 63.3 Å². The molecule has 0 radical (unpaired) electrons. The zero-order valence-electron chi connectivity index (χ0n) is 16.8. The number of benzene rings is 2. The molecule has 5 nitrogen and oxygen atoms in total. The summed E-state index contributed by atoms with van der Waals surface area (Å²) >= 11 is 3.45. The number of nitrogens with one attached hydrogen (secondary N) is 1. The number of amides is 1. The molecule has 1 amide bonds. The molecule has 0 spiro atoms. The molecule has 1 aliphatic rings. The van der Waals surface area contributed by atoms with Crippen LogP contribution in [-0.4, -0.2) is 18.6 Å². The number of furan rings is 1. The van der Waals surface area contributed by atoms with Crippen LogP contribution in [-0.2, 0) is 6.54 Å². The molecule has 0 saturated heterocycles. The van der Waals surface area contributed by atoms with Gasteiger partial charge in [0.05, 0.1) is 7.11 Å². The Morgan fingerprint density at radius 1 is 1.24 bits per heavy atom. The number of carbonyl (C=O) groups excluding carboxylic acids is 1. The summed E-state index contributed by atoms with van der Waals surface area (Å²) in [6, 6.07) is 9.42. The van der Waals surface area contributed by atoms with E-state index in [1.807, 2.05) is 63.3 Å². The number of hydrogen-bond acceptors (Lipinski definition) is 4. The van der Waals surface area contributed by atoms with Crippen molar-refractivity contribution in [2.75, 3.05) is 7.11 Å². The number of methoxy groups -OCH3 is 1. The minimum atomic E-state index is -0.360. The molecule has 4 rings (SSSR count). The highest BCUT2D eigenvalue weighted by Crippen LogP contribution is 2.39. The van der Waals surface area contributed by atoms with Crippen molar-refractivity contribution in [2.45, 2.75) is 32.9 Å². The van der Waals surface area contributed by atoms with E-state index in [-0.39, 0.29) is 11.5 Å². The fourth-order valence-electron chi connectivity index (χ4n) is 3.57. The van der Waals surface area contributed by atoms with Gasteiger partial charge in [-0.05, 0) is 57.2 Å². The standard InChI is InChI=1S/C23H22BrNO4/c1-13-20-16-9-10-23(2,3)29-18(16)7-8-19(20)28-21(13)22(26)25-12-14-11-15(24)5-6-17(14)27-4/h5-11H,12H2,1-4H3,(H,25,26). The van der Waals surface area contributed by atoms with Gasteiger partial charge in [0.25, 0.3) is 5.91 Å². The van der Waals surface area contributed by atoms with Crippen LogP contribution in [0.25, 0.3) is 17.0 Å². The molecule has 1 aromatic heterocycles. The Kier molecular flexibility index (Phi) is 4.90. The lowest BCUT2D eigenvalue weighted by molar-refractivity contribution is 0.0924. The third-order valence-corrected chi connectivity index (χ3v) is 5.50. The van der Waals surface area contributed by atoms with Crippen molar-refractivity contribution in [1.29, 1.82) is 0 Å². The van der Waals surface area contributed by atoms with Crippen molar-refractivity contribution >= 4 is 38.9 Å². The van der Waals surface area contributed by atoms with Crippen LogP contribution in [0.5, 0.6) is 11.5 Å². The summed E-state index contributed by atoms with van der Waals surface area (Å²) in [7, 11) is 1.61. The number of ether oxygens (including phenoxy) is 2. The zero-order chi connectivity index (χ0) is 20.8.